The van der Waals surface area contributed by atoms with E-state index >= 15 is 0 Å². The van der Waals surface area contributed by atoms with Crippen molar-refractivity contribution in [1.29, 1.82) is 0 Å². The summed E-state index contributed by atoms with van der Waals surface area (Å²) in [6.07, 6.45) is 8.54. The number of hydrogen-bond donors (Lipinski definition) is 2. The summed E-state index contributed by atoms with van der Waals surface area (Å²) < 4.78 is 0. The van der Waals surface area contributed by atoms with Gasteiger partial charge in [-0.25, -0.2) is 9.97 Å². The van der Waals surface area contributed by atoms with Gasteiger partial charge in [0.05, 0.1) is 22.8 Å². The van der Waals surface area contributed by atoms with Gasteiger partial charge in [0, 0.05) is 44.3 Å². The number of H-pyrrole nitrogens is 2. The van der Waals surface area contributed by atoms with Crippen LogP contribution in [0.15, 0.2) is 146 Å². The van der Waals surface area contributed by atoms with Crippen LogP contribution in [0, 0.1) is 0 Å². The Labute approximate surface area is 295 Å². The average Bonchev–Trinajstić information content (AvgIpc) is 3.98. The summed E-state index contributed by atoms with van der Waals surface area (Å²) in [5.74, 6) is 0. The topological polar surface area (TPSA) is 57.4 Å². The van der Waals surface area contributed by atoms with Crippen molar-refractivity contribution in [1.82, 2.24) is 19.9 Å². The molecule has 8 bridgehead atoms. The van der Waals surface area contributed by atoms with E-state index in [9.17, 15) is 0 Å². The second-order valence-corrected chi connectivity index (χ2v) is 12.0. The van der Waals surface area contributed by atoms with Gasteiger partial charge < -0.3 is 9.97 Å². The number of hydrogen-bond acceptors (Lipinski definition) is 2. The molecule has 4 aromatic carbocycles. The van der Waals surface area contributed by atoms with Crippen LogP contribution in [-0.4, -0.2) is 19.9 Å². The monoisotopic (exact) mass is 677 g/mol. The molecule has 4 nitrogen and oxygen atoms in total. The van der Waals surface area contributed by atoms with Crippen LogP contribution in [0.3, 0.4) is 0 Å². The first kappa shape index (κ1) is 30.3. The quantitative estimate of drug-likeness (QED) is 0.182. The molecule has 2 aliphatic heterocycles. The van der Waals surface area contributed by atoms with Crippen molar-refractivity contribution in [3.05, 3.63) is 168 Å². The Morgan fingerprint density at radius 3 is 0.735 bits per heavy atom. The van der Waals surface area contributed by atoms with Crippen molar-refractivity contribution in [2.75, 3.05) is 0 Å². The fraction of sp³-hybridized carbons (Fsp3) is 0. The van der Waals surface area contributed by atoms with Crippen molar-refractivity contribution in [2.24, 2.45) is 0 Å². The Morgan fingerprint density at radius 1 is 0.286 bits per heavy atom. The molecule has 3 aromatic heterocycles. The third-order valence-electron chi connectivity index (χ3n) is 9.00. The molecular formula is C44H30CuN4+2. The SMILES string of the molecule is C1=Cc2nc1c(-c1ccccc1)c1ccc([nH]1)c(-c1ccccc1)c1nc(c(-c3ccccc3)c3ccc([nH]3)c2-c2ccccc2)C=C1.[Cu+2]. The van der Waals surface area contributed by atoms with Crippen LogP contribution in [0.2, 0.25) is 0 Å². The van der Waals surface area contributed by atoms with Gasteiger partial charge in [0.15, 0.2) is 0 Å². The maximum Gasteiger partial charge on any atom is 2.00 e. The largest absolute Gasteiger partial charge is 2.00 e. The van der Waals surface area contributed by atoms with E-state index in [-0.39, 0.29) is 17.1 Å². The van der Waals surface area contributed by atoms with E-state index in [1.54, 1.807) is 0 Å². The minimum Gasteiger partial charge on any atom is -0.354 e. The molecular weight excluding hydrogens is 648 g/mol. The van der Waals surface area contributed by atoms with Gasteiger partial charge in [-0.3, -0.25) is 0 Å². The Bertz CT molecular complexity index is 2180. The van der Waals surface area contributed by atoms with Gasteiger partial charge in [0.1, 0.15) is 0 Å². The van der Waals surface area contributed by atoms with Gasteiger partial charge in [0.2, 0.25) is 0 Å². The maximum atomic E-state index is 5.35. The number of rotatable bonds is 4. The summed E-state index contributed by atoms with van der Waals surface area (Å²) >= 11 is 0. The molecule has 7 aromatic rings. The molecule has 0 saturated carbocycles. The molecule has 49 heavy (non-hydrogen) atoms. The van der Waals surface area contributed by atoms with E-state index in [4.69, 9.17) is 9.97 Å². The molecule has 235 valence electrons. The van der Waals surface area contributed by atoms with Gasteiger partial charge in [0.25, 0.3) is 0 Å². The summed E-state index contributed by atoms with van der Waals surface area (Å²) in [4.78, 5) is 18.3. The van der Waals surface area contributed by atoms with Gasteiger partial charge >= 0.3 is 17.1 Å². The van der Waals surface area contributed by atoms with Crippen molar-refractivity contribution in [3.8, 4) is 44.5 Å². The van der Waals surface area contributed by atoms with E-state index in [1.165, 1.54) is 0 Å². The first-order valence-electron chi connectivity index (χ1n) is 16.2. The standard InChI is InChI=1S/C44H30N4.Cu/c1-5-13-29(14-6-1)41-33-21-23-35(45-33)42(30-15-7-2-8-16-30)37-25-27-39(47-37)44(32-19-11-4-12-20-32)40-28-26-38(48-40)43(31-17-9-3-10-18-31)36-24-22-34(41)46-36;/h1-28,45,48H;/q;+2. The zero-order valence-corrected chi connectivity index (χ0v) is 27.3. The van der Waals surface area contributed by atoms with Gasteiger partial charge in [-0.2, -0.15) is 0 Å². The van der Waals surface area contributed by atoms with Gasteiger partial charge in [-0.15, -0.1) is 0 Å². The van der Waals surface area contributed by atoms with Crippen molar-refractivity contribution in [2.45, 2.75) is 0 Å². The first-order valence-corrected chi connectivity index (χ1v) is 16.2. The molecule has 5 heteroatoms. The summed E-state index contributed by atoms with van der Waals surface area (Å²) in [5.41, 5.74) is 16.2. The van der Waals surface area contributed by atoms with Crippen LogP contribution in [-0.2, 0) is 17.1 Å². The summed E-state index contributed by atoms with van der Waals surface area (Å²) in [6.45, 7) is 0. The van der Waals surface area contributed by atoms with Crippen LogP contribution >= 0.6 is 0 Å². The van der Waals surface area contributed by atoms with Crippen LogP contribution in [0.1, 0.15) is 22.8 Å². The second kappa shape index (κ2) is 12.9. The Balaban J connectivity index is 0.00000348. The third kappa shape index (κ3) is 5.55. The van der Waals surface area contributed by atoms with E-state index in [1.807, 2.05) is 24.3 Å². The predicted octanol–water partition coefficient (Wildman–Crippen LogP) is 11.3. The van der Waals surface area contributed by atoms with E-state index in [2.05, 4.69) is 156 Å². The molecule has 2 N–H and O–H groups in total. The van der Waals surface area contributed by atoms with Crippen LogP contribution in [0.5, 0.6) is 0 Å². The van der Waals surface area contributed by atoms with Crippen LogP contribution < -0.4 is 0 Å². The number of benzene rings is 4. The smallest absolute Gasteiger partial charge is 0.354 e. The van der Waals surface area contributed by atoms with E-state index < -0.39 is 0 Å². The second-order valence-electron chi connectivity index (χ2n) is 12.0. The maximum absolute atomic E-state index is 5.35. The fourth-order valence-corrected chi connectivity index (χ4v) is 6.84. The number of nitrogens with zero attached hydrogens (tertiary/aromatic N) is 2. The number of fused-ring (bicyclic) bond motifs is 8. The third-order valence-corrected chi connectivity index (χ3v) is 9.00. The van der Waals surface area contributed by atoms with Crippen LogP contribution in [0.4, 0.5) is 0 Å². The molecule has 0 spiro atoms. The molecule has 0 amide bonds. The molecule has 1 radical (unpaired) electrons. The Kier molecular flexibility index (Phi) is 7.98. The zero-order chi connectivity index (χ0) is 31.9. The van der Waals surface area contributed by atoms with Gasteiger partial charge in [-0.05, 0) is 70.8 Å². The number of aromatic nitrogens is 4. The zero-order valence-electron chi connectivity index (χ0n) is 26.4. The number of nitrogens with one attached hydrogen (secondary N) is 2. The molecule has 0 saturated heterocycles. The average molecular weight is 678 g/mol. The summed E-state index contributed by atoms with van der Waals surface area (Å²) in [5, 5.41) is 0. The summed E-state index contributed by atoms with van der Waals surface area (Å²) in [7, 11) is 0. The van der Waals surface area contributed by atoms with Crippen molar-refractivity contribution < 1.29 is 17.1 Å². The molecule has 0 aliphatic carbocycles. The van der Waals surface area contributed by atoms with Crippen LogP contribution in [0.25, 0.3) is 90.9 Å². The molecule has 9 rings (SSSR count). The molecule has 0 unspecified atom stereocenters. The molecule has 0 fully saturated rings. The van der Waals surface area contributed by atoms with E-state index in [0.717, 1.165) is 89.4 Å². The first-order chi connectivity index (χ1) is 23.8. The minimum atomic E-state index is 0. The van der Waals surface area contributed by atoms with E-state index in [0.29, 0.717) is 0 Å². The molecule has 0 atom stereocenters. The van der Waals surface area contributed by atoms with Crippen molar-refractivity contribution >= 4 is 46.4 Å². The van der Waals surface area contributed by atoms with Crippen molar-refractivity contribution in [3.63, 3.8) is 0 Å². The Hall–Kier alpha value is -6.00. The number of aromatic amines is 2. The molecule has 2 aliphatic rings. The summed E-state index contributed by atoms with van der Waals surface area (Å²) in [6, 6.07) is 50.7. The minimum absolute atomic E-state index is 0. The normalized spacial score (nSPS) is 11.8. The van der Waals surface area contributed by atoms with Gasteiger partial charge in [-0.1, -0.05) is 121 Å². The fourth-order valence-electron chi connectivity index (χ4n) is 6.84. The Morgan fingerprint density at radius 2 is 0.510 bits per heavy atom. The predicted molar refractivity (Wildman–Crippen MR) is 201 cm³/mol. The molecule has 5 heterocycles.